The molecule has 96 valence electrons. The Morgan fingerprint density at radius 2 is 2.17 bits per heavy atom. The third kappa shape index (κ3) is 1.70. The molecule has 1 aliphatic carbocycles. The smallest absolute Gasteiger partial charge is 0.119 e. The Balaban J connectivity index is 2.21. The highest BCUT2D eigenvalue weighted by Crippen LogP contribution is 2.44. The first kappa shape index (κ1) is 11.6. The van der Waals surface area contributed by atoms with Crippen LogP contribution in [0.5, 0.6) is 5.75 Å². The number of ether oxygens (including phenoxy) is 1. The van der Waals surface area contributed by atoms with Crippen LogP contribution in [0.4, 0.5) is 0 Å². The number of aromatic amines is 1. The van der Waals surface area contributed by atoms with Crippen molar-refractivity contribution < 1.29 is 9.84 Å². The maximum Gasteiger partial charge on any atom is 0.119 e. The second kappa shape index (κ2) is 3.75. The van der Waals surface area contributed by atoms with E-state index in [9.17, 15) is 5.11 Å². The summed E-state index contributed by atoms with van der Waals surface area (Å²) in [4.78, 5) is 3.44. The van der Waals surface area contributed by atoms with Gasteiger partial charge in [-0.2, -0.15) is 0 Å². The van der Waals surface area contributed by atoms with Gasteiger partial charge in [-0.25, -0.2) is 0 Å². The molecule has 1 heterocycles. The van der Waals surface area contributed by atoms with E-state index < -0.39 is 0 Å². The quantitative estimate of drug-likeness (QED) is 0.810. The van der Waals surface area contributed by atoms with Gasteiger partial charge in [-0.3, -0.25) is 0 Å². The average Bonchev–Trinajstić information content (AvgIpc) is 2.63. The normalized spacial score (nSPS) is 21.9. The minimum absolute atomic E-state index is 0.150. The van der Waals surface area contributed by atoms with E-state index in [0.29, 0.717) is 0 Å². The standard InChI is InChI=1S/C15H19NO2/c1-15(2)7-12-14(13(17)8-15)10-6-9(18-3)4-5-11(10)16-12/h4-6,13,16-17H,7-8H2,1-3H3. The maximum absolute atomic E-state index is 10.4. The molecule has 0 saturated carbocycles. The lowest BCUT2D eigenvalue weighted by Gasteiger charge is -2.32. The van der Waals surface area contributed by atoms with E-state index in [2.05, 4.69) is 18.8 Å². The van der Waals surface area contributed by atoms with Gasteiger partial charge in [-0.1, -0.05) is 13.8 Å². The molecule has 3 heteroatoms. The van der Waals surface area contributed by atoms with Crippen molar-refractivity contribution >= 4 is 10.9 Å². The number of hydrogen-bond acceptors (Lipinski definition) is 2. The molecule has 0 amide bonds. The SMILES string of the molecule is COc1ccc2[nH]c3c(c2c1)C(O)CC(C)(C)C3. The summed E-state index contributed by atoms with van der Waals surface area (Å²) in [5.41, 5.74) is 3.46. The monoisotopic (exact) mass is 245 g/mol. The third-order valence-corrected chi connectivity index (χ3v) is 3.86. The zero-order valence-corrected chi connectivity index (χ0v) is 11.1. The van der Waals surface area contributed by atoms with Gasteiger partial charge in [0.15, 0.2) is 0 Å². The van der Waals surface area contributed by atoms with Crippen LogP contribution in [0.3, 0.4) is 0 Å². The summed E-state index contributed by atoms with van der Waals surface area (Å²) in [6, 6.07) is 5.97. The van der Waals surface area contributed by atoms with Crippen LogP contribution in [-0.4, -0.2) is 17.2 Å². The van der Waals surface area contributed by atoms with E-state index in [1.807, 2.05) is 18.2 Å². The molecule has 0 saturated heterocycles. The topological polar surface area (TPSA) is 45.2 Å². The fourth-order valence-electron chi connectivity index (χ4n) is 3.07. The van der Waals surface area contributed by atoms with Gasteiger partial charge in [-0.05, 0) is 36.5 Å². The van der Waals surface area contributed by atoms with Gasteiger partial charge in [0.2, 0.25) is 0 Å². The summed E-state index contributed by atoms with van der Waals surface area (Å²) >= 11 is 0. The van der Waals surface area contributed by atoms with Crippen molar-refractivity contribution in [2.75, 3.05) is 7.11 Å². The van der Waals surface area contributed by atoms with Crippen LogP contribution in [0, 0.1) is 5.41 Å². The molecule has 1 aromatic carbocycles. The molecule has 1 atom stereocenters. The van der Waals surface area contributed by atoms with Crippen LogP contribution in [0.15, 0.2) is 18.2 Å². The zero-order chi connectivity index (χ0) is 12.9. The molecular weight excluding hydrogens is 226 g/mol. The highest BCUT2D eigenvalue weighted by atomic mass is 16.5. The molecule has 0 radical (unpaired) electrons. The van der Waals surface area contributed by atoms with Crippen molar-refractivity contribution in [1.82, 2.24) is 4.98 Å². The Hall–Kier alpha value is -1.48. The minimum atomic E-state index is -0.385. The Kier molecular flexibility index (Phi) is 2.42. The van der Waals surface area contributed by atoms with E-state index in [4.69, 9.17) is 4.74 Å². The molecule has 3 rings (SSSR count). The number of hydrogen-bond donors (Lipinski definition) is 2. The predicted molar refractivity (Wildman–Crippen MR) is 71.9 cm³/mol. The summed E-state index contributed by atoms with van der Waals surface area (Å²) < 4.78 is 5.26. The van der Waals surface area contributed by atoms with Gasteiger partial charge in [0.1, 0.15) is 5.75 Å². The zero-order valence-electron chi connectivity index (χ0n) is 11.1. The second-order valence-electron chi connectivity index (χ2n) is 5.99. The van der Waals surface area contributed by atoms with E-state index in [-0.39, 0.29) is 11.5 Å². The Morgan fingerprint density at radius 1 is 1.39 bits per heavy atom. The lowest BCUT2D eigenvalue weighted by molar-refractivity contribution is 0.100. The number of methoxy groups -OCH3 is 1. The molecule has 0 spiro atoms. The van der Waals surface area contributed by atoms with Crippen molar-refractivity contribution in [2.24, 2.45) is 5.41 Å². The number of fused-ring (bicyclic) bond motifs is 3. The van der Waals surface area contributed by atoms with Crippen LogP contribution >= 0.6 is 0 Å². The van der Waals surface area contributed by atoms with Crippen LogP contribution in [0.25, 0.3) is 10.9 Å². The van der Waals surface area contributed by atoms with Crippen molar-refractivity contribution in [2.45, 2.75) is 32.8 Å². The third-order valence-electron chi connectivity index (χ3n) is 3.86. The molecule has 18 heavy (non-hydrogen) atoms. The maximum atomic E-state index is 10.4. The molecule has 1 unspecified atom stereocenters. The molecule has 2 aromatic rings. The molecule has 0 aliphatic heterocycles. The highest BCUT2D eigenvalue weighted by molar-refractivity contribution is 5.86. The van der Waals surface area contributed by atoms with Crippen LogP contribution in [0.1, 0.15) is 37.6 Å². The Labute approximate surface area is 107 Å². The number of nitrogens with one attached hydrogen (secondary N) is 1. The van der Waals surface area contributed by atoms with Gasteiger partial charge in [0.05, 0.1) is 13.2 Å². The van der Waals surface area contributed by atoms with Crippen LogP contribution in [0.2, 0.25) is 0 Å². The number of benzene rings is 1. The summed E-state index contributed by atoms with van der Waals surface area (Å²) in [6.07, 6.45) is 1.41. The Bertz CT molecular complexity index is 598. The fraction of sp³-hybridized carbons (Fsp3) is 0.467. The van der Waals surface area contributed by atoms with Gasteiger partial charge in [0.25, 0.3) is 0 Å². The molecule has 0 bridgehead atoms. The van der Waals surface area contributed by atoms with Crippen molar-refractivity contribution in [3.63, 3.8) is 0 Å². The molecular formula is C15H19NO2. The summed E-state index contributed by atoms with van der Waals surface area (Å²) in [7, 11) is 1.67. The van der Waals surface area contributed by atoms with E-state index in [1.165, 1.54) is 5.69 Å². The fourth-order valence-corrected chi connectivity index (χ4v) is 3.07. The molecule has 3 nitrogen and oxygen atoms in total. The summed E-state index contributed by atoms with van der Waals surface area (Å²) in [5, 5.41) is 11.5. The predicted octanol–water partition coefficient (Wildman–Crippen LogP) is 3.18. The van der Waals surface area contributed by atoms with Gasteiger partial charge in [-0.15, -0.1) is 0 Å². The van der Waals surface area contributed by atoms with E-state index >= 15 is 0 Å². The number of H-pyrrole nitrogens is 1. The van der Waals surface area contributed by atoms with E-state index in [1.54, 1.807) is 7.11 Å². The van der Waals surface area contributed by atoms with E-state index in [0.717, 1.165) is 35.1 Å². The average molecular weight is 245 g/mol. The van der Waals surface area contributed by atoms with Gasteiger partial charge < -0.3 is 14.8 Å². The first-order valence-electron chi connectivity index (χ1n) is 6.37. The molecule has 0 fully saturated rings. The number of aromatic nitrogens is 1. The van der Waals surface area contributed by atoms with Gasteiger partial charge in [0, 0.05) is 22.2 Å². The van der Waals surface area contributed by atoms with Crippen LogP contribution in [-0.2, 0) is 6.42 Å². The van der Waals surface area contributed by atoms with Crippen molar-refractivity contribution in [1.29, 1.82) is 0 Å². The van der Waals surface area contributed by atoms with Crippen molar-refractivity contribution in [3.05, 3.63) is 29.5 Å². The van der Waals surface area contributed by atoms with Crippen LogP contribution < -0.4 is 4.74 Å². The number of aliphatic hydroxyl groups is 1. The number of aliphatic hydroxyl groups excluding tert-OH is 1. The molecule has 1 aromatic heterocycles. The lowest BCUT2D eigenvalue weighted by Crippen LogP contribution is -2.25. The largest absolute Gasteiger partial charge is 0.497 e. The lowest BCUT2D eigenvalue weighted by atomic mass is 9.75. The van der Waals surface area contributed by atoms with Gasteiger partial charge >= 0.3 is 0 Å². The summed E-state index contributed by atoms with van der Waals surface area (Å²) in [5.74, 6) is 0.835. The highest BCUT2D eigenvalue weighted by Gasteiger charge is 2.33. The minimum Gasteiger partial charge on any atom is -0.497 e. The first-order chi connectivity index (χ1) is 8.50. The number of rotatable bonds is 1. The van der Waals surface area contributed by atoms with Crippen molar-refractivity contribution in [3.8, 4) is 5.75 Å². The second-order valence-corrected chi connectivity index (χ2v) is 5.99. The molecule has 1 aliphatic rings. The summed E-state index contributed by atoms with van der Waals surface area (Å²) in [6.45, 7) is 4.40. The first-order valence-corrected chi connectivity index (χ1v) is 6.37. The molecule has 2 N–H and O–H groups in total. The Morgan fingerprint density at radius 3 is 2.89 bits per heavy atom.